The molecule has 0 amide bonds. The Labute approximate surface area is 85.5 Å². The molecular weight excluding hydrogens is 205 g/mol. The summed E-state index contributed by atoms with van der Waals surface area (Å²) in [5.74, 6) is -1.22. The molecule has 1 fully saturated rings. The summed E-state index contributed by atoms with van der Waals surface area (Å²) in [6.07, 6.45) is 1.20. The first-order valence-corrected chi connectivity index (χ1v) is 4.57. The Kier molecular flexibility index (Phi) is 1.90. The number of halogens is 2. The predicted molar refractivity (Wildman–Crippen MR) is 49.6 cm³/mol. The molecule has 72 valence electrons. The molecule has 2 nitrogen and oxygen atoms in total. The summed E-state index contributed by atoms with van der Waals surface area (Å²) >= 11 is 5.80. The number of rotatable bonds is 1. The van der Waals surface area contributed by atoms with Crippen molar-refractivity contribution < 1.29 is 9.50 Å². The standard InChI is InChI=1S/C10H7ClFNO/c11-6-1-2-7(14)9(12)8(6)10(5-13)3-4-10/h1-2,14H,3-4H2. The maximum Gasteiger partial charge on any atom is 0.171 e. The maximum atomic E-state index is 13.5. The summed E-state index contributed by atoms with van der Waals surface area (Å²) in [7, 11) is 0. The van der Waals surface area contributed by atoms with Crippen LogP contribution in [0.1, 0.15) is 18.4 Å². The second-order valence-electron chi connectivity index (χ2n) is 3.45. The molecule has 1 saturated carbocycles. The molecule has 1 aromatic rings. The minimum atomic E-state index is -0.806. The van der Waals surface area contributed by atoms with Gasteiger partial charge in [0.1, 0.15) is 0 Å². The highest BCUT2D eigenvalue weighted by Crippen LogP contribution is 2.51. The van der Waals surface area contributed by atoms with Gasteiger partial charge in [0.2, 0.25) is 0 Å². The Morgan fingerprint density at radius 1 is 1.50 bits per heavy atom. The molecule has 0 heterocycles. The van der Waals surface area contributed by atoms with E-state index in [-0.39, 0.29) is 10.6 Å². The first kappa shape index (κ1) is 9.29. The van der Waals surface area contributed by atoms with E-state index in [0.29, 0.717) is 12.8 Å². The maximum absolute atomic E-state index is 13.5. The van der Waals surface area contributed by atoms with Crippen LogP contribution in [0.5, 0.6) is 5.75 Å². The van der Waals surface area contributed by atoms with E-state index in [1.54, 1.807) is 0 Å². The Bertz CT molecular complexity index is 434. The number of nitriles is 1. The highest BCUT2D eigenvalue weighted by atomic mass is 35.5. The van der Waals surface area contributed by atoms with Crippen molar-refractivity contribution in [3.05, 3.63) is 28.5 Å². The molecular formula is C10H7ClFNO. The molecule has 14 heavy (non-hydrogen) atoms. The van der Waals surface area contributed by atoms with Crippen LogP contribution in [0.2, 0.25) is 5.02 Å². The van der Waals surface area contributed by atoms with Gasteiger partial charge in [-0.05, 0) is 25.0 Å². The van der Waals surface area contributed by atoms with Crippen LogP contribution >= 0.6 is 11.6 Å². The molecule has 0 saturated heterocycles. The monoisotopic (exact) mass is 211 g/mol. The van der Waals surface area contributed by atoms with Gasteiger partial charge in [-0.25, -0.2) is 4.39 Å². The van der Waals surface area contributed by atoms with Crippen molar-refractivity contribution in [2.75, 3.05) is 0 Å². The van der Waals surface area contributed by atoms with Crippen molar-refractivity contribution in [1.82, 2.24) is 0 Å². The van der Waals surface area contributed by atoms with Crippen LogP contribution in [-0.2, 0) is 5.41 Å². The molecule has 1 aliphatic rings. The Morgan fingerprint density at radius 2 is 2.14 bits per heavy atom. The molecule has 0 atom stereocenters. The number of phenols is 1. The third-order valence-corrected chi connectivity index (χ3v) is 2.83. The molecule has 0 aliphatic heterocycles. The molecule has 1 aliphatic carbocycles. The average Bonchev–Trinajstić information content (AvgIpc) is 2.93. The van der Waals surface area contributed by atoms with Gasteiger partial charge < -0.3 is 5.11 Å². The number of phenolic OH excluding ortho intramolecular Hbond substituents is 1. The first-order chi connectivity index (χ1) is 6.60. The highest BCUT2D eigenvalue weighted by molar-refractivity contribution is 6.31. The van der Waals surface area contributed by atoms with Crippen molar-refractivity contribution in [3.8, 4) is 11.8 Å². The summed E-state index contributed by atoms with van der Waals surface area (Å²) in [6.45, 7) is 0. The van der Waals surface area contributed by atoms with Crippen LogP contribution in [0.4, 0.5) is 4.39 Å². The van der Waals surface area contributed by atoms with Crippen molar-refractivity contribution in [1.29, 1.82) is 5.26 Å². The lowest BCUT2D eigenvalue weighted by Gasteiger charge is -2.10. The van der Waals surface area contributed by atoms with E-state index in [0.717, 1.165) is 0 Å². The SMILES string of the molecule is N#CC1(c2c(Cl)ccc(O)c2F)CC1. The molecule has 0 spiro atoms. The molecule has 0 unspecified atom stereocenters. The summed E-state index contributed by atoms with van der Waals surface area (Å²) < 4.78 is 13.5. The van der Waals surface area contributed by atoms with Crippen LogP contribution in [-0.4, -0.2) is 5.11 Å². The topological polar surface area (TPSA) is 44.0 Å². The number of hydrogen-bond acceptors (Lipinski definition) is 2. The van der Waals surface area contributed by atoms with Crippen molar-refractivity contribution in [2.45, 2.75) is 18.3 Å². The second kappa shape index (κ2) is 2.86. The molecule has 1 N–H and O–H groups in total. The van der Waals surface area contributed by atoms with Gasteiger partial charge in [-0.3, -0.25) is 0 Å². The van der Waals surface area contributed by atoms with E-state index in [1.165, 1.54) is 12.1 Å². The minimum absolute atomic E-state index is 0.140. The predicted octanol–water partition coefficient (Wildman–Crippen LogP) is 2.74. The van der Waals surface area contributed by atoms with E-state index in [4.69, 9.17) is 22.0 Å². The lowest BCUT2D eigenvalue weighted by molar-refractivity contribution is 0.427. The van der Waals surface area contributed by atoms with Gasteiger partial charge in [0.25, 0.3) is 0 Å². The normalized spacial score (nSPS) is 17.5. The molecule has 2 rings (SSSR count). The lowest BCUT2D eigenvalue weighted by atomic mass is 9.97. The van der Waals surface area contributed by atoms with Crippen LogP contribution in [0.3, 0.4) is 0 Å². The third kappa shape index (κ3) is 1.15. The van der Waals surface area contributed by atoms with E-state index in [1.807, 2.05) is 6.07 Å². The van der Waals surface area contributed by atoms with Crippen LogP contribution in [0.25, 0.3) is 0 Å². The fourth-order valence-electron chi connectivity index (χ4n) is 1.52. The zero-order valence-corrected chi connectivity index (χ0v) is 7.98. The second-order valence-corrected chi connectivity index (χ2v) is 3.86. The molecule has 4 heteroatoms. The van der Waals surface area contributed by atoms with Gasteiger partial charge in [-0.1, -0.05) is 11.6 Å². The Balaban J connectivity index is 2.64. The van der Waals surface area contributed by atoms with E-state index in [9.17, 15) is 4.39 Å². The molecule has 0 radical (unpaired) electrons. The summed E-state index contributed by atoms with van der Waals surface area (Å²) in [5, 5.41) is 18.3. The van der Waals surface area contributed by atoms with E-state index >= 15 is 0 Å². The first-order valence-electron chi connectivity index (χ1n) is 4.19. The lowest BCUT2D eigenvalue weighted by Crippen LogP contribution is -2.06. The van der Waals surface area contributed by atoms with Crippen molar-refractivity contribution in [3.63, 3.8) is 0 Å². The number of hydrogen-bond donors (Lipinski definition) is 1. The van der Waals surface area contributed by atoms with E-state index < -0.39 is 17.0 Å². The minimum Gasteiger partial charge on any atom is -0.505 e. The third-order valence-electron chi connectivity index (χ3n) is 2.51. The Hall–Kier alpha value is -1.27. The summed E-state index contributed by atoms with van der Waals surface area (Å²) in [4.78, 5) is 0. The smallest absolute Gasteiger partial charge is 0.171 e. The van der Waals surface area contributed by atoms with Gasteiger partial charge in [0.05, 0.1) is 11.5 Å². The average molecular weight is 212 g/mol. The van der Waals surface area contributed by atoms with Gasteiger partial charge in [0, 0.05) is 10.6 Å². The fourth-order valence-corrected chi connectivity index (χ4v) is 1.85. The highest BCUT2D eigenvalue weighted by Gasteiger charge is 2.48. The van der Waals surface area contributed by atoms with E-state index in [2.05, 4.69) is 0 Å². The summed E-state index contributed by atoms with van der Waals surface area (Å²) in [5.41, 5.74) is -0.665. The van der Waals surface area contributed by atoms with Gasteiger partial charge in [-0.15, -0.1) is 0 Å². The number of aromatic hydroxyl groups is 1. The summed E-state index contributed by atoms with van der Waals surface area (Å²) in [6, 6.07) is 4.64. The largest absolute Gasteiger partial charge is 0.505 e. The number of nitrogens with zero attached hydrogens (tertiary/aromatic N) is 1. The zero-order valence-electron chi connectivity index (χ0n) is 7.22. The van der Waals surface area contributed by atoms with Gasteiger partial charge >= 0.3 is 0 Å². The van der Waals surface area contributed by atoms with Crippen LogP contribution in [0, 0.1) is 17.1 Å². The van der Waals surface area contributed by atoms with Gasteiger partial charge in [-0.2, -0.15) is 5.26 Å². The zero-order chi connectivity index (χ0) is 10.3. The fraction of sp³-hybridized carbons (Fsp3) is 0.300. The Morgan fingerprint density at radius 3 is 2.64 bits per heavy atom. The van der Waals surface area contributed by atoms with Crippen molar-refractivity contribution >= 4 is 11.6 Å². The molecule has 0 aromatic heterocycles. The van der Waals surface area contributed by atoms with Crippen LogP contribution in [0.15, 0.2) is 12.1 Å². The van der Waals surface area contributed by atoms with Gasteiger partial charge in [0.15, 0.2) is 11.6 Å². The molecule has 0 bridgehead atoms. The number of benzene rings is 1. The quantitative estimate of drug-likeness (QED) is 0.776. The van der Waals surface area contributed by atoms with Crippen molar-refractivity contribution in [2.24, 2.45) is 0 Å². The van der Waals surface area contributed by atoms with Crippen LogP contribution < -0.4 is 0 Å². The molecule has 1 aromatic carbocycles.